The van der Waals surface area contributed by atoms with Crippen molar-refractivity contribution < 1.29 is 4.74 Å². The average molecular weight is 381 g/mol. The minimum atomic E-state index is 0.0437. The highest BCUT2D eigenvalue weighted by Crippen LogP contribution is 2.45. The fourth-order valence-corrected chi connectivity index (χ4v) is 5.05. The maximum atomic E-state index is 12.8. The second-order valence-corrected chi connectivity index (χ2v) is 8.25. The van der Waals surface area contributed by atoms with Crippen molar-refractivity contribution in [3.05, 3.63) is 45.6 Å². The van der Waals surface area contributed by atoms with E-state index in [4.69, 9.17) is 9.72 Å². The number of morpholine rings is 1. The normalized spacial score (nSPS) is 21.2. The summed E-state index contributed by atoms with van der Waals surface area (Å²) in [6.45, 7) is 7.04. The van der Waals surface area contributed by atoms with Gasteiger partial charge in [-0.1, -0.05) is 0 Å². The first kappa shape index (κ1) is 17.7. The van der Waals surface area contributed by atoms with Crippen LogP contribution in [0.4, 0.5) is 11.6 Å². The van der Waals surface area contributed by atoms with E-state index >= 15 is 0 Å². The molecule has 4 heterocycles. The lowest BCUT2D eigenvalue weighted by Gasteiger charge is -2.41. The van der Waals surface area contributed by atoms with Crippen LogP contribution in [0.2, 0.25) is 0 Å². The van der Waals surface area contributed by atoms with E-state index in [0.29, 0.717) is 13.2 Å². The fraction of sp³-hybridized carbons (Fsp3) is 0.571. The van der Waals surface area contributed by atoms with E-state index in [2.05, 4.69) is 32.8 Å². The molecule has 148 valence electrons. The van der Waals surface area contributed by atoms with Gasteiger partial charge in [-0.2, -0.15) is 0 Å². The molecule has 2 saturated heterocycles. The third-order valence-corrected chi connectivity index (χ3v) is 6.72. The zero-order valence-corrected chi connectivity index (χ0v) is 16.4. The molecule has 2 aliphatic heterocycles. The highest BCUT2D eigenvalue weighted by molar-refractivity contribution is 5.52. The van der Waals surface area contributed by atoms with Crippen LogP contribution in [-0.4, -0.2) is 54.3 Å². The van der Waals surface area contributed by atoms with Gasteiger partial charge in [-0.3, -0.25) is 14.8 Å². The van der Waals surface area contributed by atoms with Gasteiger partial charge in [-0.25, -0.2) is 4.98 Å². The van der Waals surface area contributed by atoms with Crippen LogP contribution in [0.1, 0.15) is 36.1 Å². The molecular weight excluding hydrogens is 354 g/mol. The van der Waals surface area contributed by atoms with Crippen LogP contribution in [0.3, 0.4) is 0 Å². The number of fused-ring (bicyclic) bond motifs is 2. The number of H-pyrrole nitrogens is 1. The Balaban J connectivity index is 1.42. The number of nitrogens with one attached hydrogen (secondary N) is 1. The van der Waals surface area contributed by atoms with Gasteiger partial charge in [-0.15, -0.1) is 0 Å². The van der Waals surface area contributed by atoms with Crippen LogP contribution in [0.25, 0.3) is 0 Å². The molecule has 28 heavy (non-hydrogen) atoms. The Morgan fingerprint density at radius 3 is 2.64 bits per heavy atom. The highest BCUT2D eigenvalue weighted by atomic mass is 16.5. The van der Waals surface area contributed by atoms with E-state index in [1.807, 2.05) is 12.4 Å². The van der Waals surface area contributed by atoms with Crippen molar-refractivity contribution in [2.45, 2.75) is 38.0 Å². The van der Waals surface area contributed by atoms with Crippen LogP contribution in [0, 0.1) is 6.92 Å². The number of anilines is 2. The minimum absolute atomic E-state index is 0.0437. The molecule has 0 unspecified atom stereocenters. The van der Waals surface area contributed by atoms with Gasteiger partial charge >= 0.3 is 0 Å². The van der Waals surface area contributed by atoms with Gasteiger partial charge in [0.15, 0.2) is 0 Å². The number of hydrogen-bond donors (Lipinski definition) is 1. The first-order valence-electron chi connectivity index (χ1n) is 10.3. The molecule has 1 aliphatic carbocycles. The smallest absolute Gasteiger partial charge is 0.255 e. The maximum absolute atomic E-state index is 12.8. The predicted molar refractivity (Wildman–Crippen MR) is 108 cm³/mol. The fourth-order valence-electron chi connectivity index (χ4n) is 5.05. The van der Waals surface area contributed by atoms with Crippen molar-refractivity contribution in [2.24, 2.45) is 0 Å². The topological polar surface area (TPSA) is 74.4 Å². The van der Waals surface area contributed by atoms with Gasteiger partial charge in [0.05, 0.1) is 18.9 Å². The lowest BCUT2D eigenvalue weighted by molar-refractivity contribution is 0.122. The van der Waals surface area contributed by atoms with Crippen LogP contribution >= 0.6 is 0 Å². The molecule has 5 rings (SSSR count). The van der Waals surface area contributed by atoms with Crippen LogP contribution in [0.5, 0.6) is 0 Å². The van der Waals surface area contributed by atoms with Crippen molar-refractivity contribution in [3.8, 4) is 0 Å². The van der Waals surface area contributed by atoms with E-state index in [1.54, 1.807) is 0 Å². The van der Waals surface area contributed by atoms with Gasteiger partial charge in [0, 0.05) is 55.2 Å². The van der Waals surface area contributed by atoms with E-state index < -0.39 is 0 Å². The van der Waals surface area contributed by atoms with Gasteiger partial charge in [0.2, 0.25) is 5.95 Å². The van der Waals surface area contributed by atoms with Crippen LogP contribution < -0.4 is 15.4 Å². The number of aromatic nitrogens is 3. The molecule has 0 saturated carbocycles. The largest absolute Gasteiger partial charge is 0.378 e. The van der Waals surface area contributed by atoms with Gasteiger partial charge in [-0.05, 0) is 44.2 Å². The summed E-state index contributed by atoms with van der Waals surface area (Å²) < 4.78 is 5.45. The average Bonchev–Trinajstić information content (AvgIpc) is 3.08. The van der Waals surface area contributed by atoms with Crippen molar-refractivity contribution in [2.75, 3.05) is 49.2 Å². The molecule has 3 aliphatic rings. The Hall–Kier alpha value is -2.41. The summed E-state index contributed by atoms with van der Waals surface area (Å²) in [4.78, 5) is 29.6. The molecule has 7 nitrogen and oxygen atoms in total. The number of aromatic amines is 1. The molecule has 0 amide bonds. The molecule has 1 N–H and O–H groups in total. The third kappa shape index (κ3) is 2.89. The number of piperidine rings is 1. The first-order valence-corrected chi connectivity index (χ1v) is 10.3. The van der Waals surface area contributed by atoms with E-state index in [0.717, 1.165) is 69.1 Å². The Kier molecular flexibility index (Phi) is 4.34. The molecule has 2 fully saturated rings. The van der Waals surface area contributed by atoms with E-state index in [-0.39, 0.29) is 11.0 Å². The van der Waals surface area contributed by atoms with Crippen molar-refractivity contribution in [1.29, 1.82) is 0 Å². The maximum Gasteiger partial charge on any atom is 0.255 e. The molecular formula is C21H27N5O2. The zero-order chi connectivity index (χ0) is 19.1. The molecule has 7 heteroatoms. The Morgan fingerprint density at radius 2 is 1.89 bits per heavy atom. The lowest BCUT2D eigenvalue weighted by atomic mass is 9.76. The molecule has 2 aromatic heterocycles. The molecule has 1 spiro atoms. The van der Waals surface area contributed by atoms with Crippen LogP contribution in [-0.2, 0) is 16.6 Å². The number of aryl methyl sites for hydroxylation is 1. The first-order chi connectivity index (χ1) is 13.7. The van der Waals surface area contributed by atoms with Crippen molar-refractivity contribution >= 4 is 11.6 Å². The third-order valence-electron chi connectivity index (χ3n) is 6.72. The molecule has 2 aromatic rings. The number of ether oxygens (including phenoxy) is 1. The summed E-state index contributed by atoms with van der Waals surface area (Å²) >= 11 is 0. The number of nitrogens with zero attached hydrogens (tertiary/aromatic N) is 4. The van der Waals surface area contributed by atoms with E-state index in [1.165, 1.54) is 11.3 Å². The Bertz CT molecular complexity index is 927. The summed E-state index contributed by atoms with van der Waals surface area (Å²) in [6.07, 6.45) is 7.76. The quantitative estimate of drug-likeness (QED) is 0.855. The minimum Gasteiger partial charge on any atom is -0.378 e. The predicted octanol–water partition coefficient (Wildman–Crippen LogP) is 1.79. The lowest BCUT2D eigenvalue weighted by Crippen LogP contribution is -2.43. The summed E-state index contributed by atoms with van der Waals surface area (Å²) in [6, 6.07) is 2.11. The molecule has 0 atom stereocenters. The van der Waals surface area contributed by atoms with Gasteiger partial charge in [0.25, 0.3) is 5.56 Å². The Morgan fingerprint density at radius 1 is 1.11 bits per heavy atom. The molecule has 0 aromatic carbocycles. The number of rotatable bonds is 2. The van der Waals surface area contributed by atoms with Gasteiger partial charge < -0.3 is 14.5 Å². The number of hydrogen-bond acceptors (Lipinski definition) is 6. The number of pyridine rings is 1. The summed E-state index contributed by atoms with van der Waals surface area (Å²) in [5, 5.41) is 0. The van der Waals surface area contributed by atoms with Crippen molar-refractivity contribution in [3.63, 3.8) is 0 Å². The second-order valence-electron chi connectivity index (χ2n) is 8.25. The SMILES string of the molecule is Cc1cnccc1N1CCC2(CCc3c2nc(N2CCOCC2)[nH]c3=O)CC1. The summed E-state index contributed by atoms with van der Waals surface area (Å²) in [5.74, 6) is 0.723. The summed E-state index contributed by atoms with van der Waals surface area (Å²) in [7, 11) is 0. The van der Waals surface area contributed by atoms with Crippen molar-refractivity contribution in [1.82, 2.24) is 15.0 Å². The highest BCUT2D eigenvalue weighted by Gasteiger charge is 2.44. The zero-order valence-electron chi connectivity index (χ0n) is 16.4. The second kappa shape index (κ2) is 6.88. The standard InChI is InChI=1S/C21H27N5O2/c1-15-14-22-7-3-17(15)25-8-5-21(6-9-25)4-2-16-18(21)23-20(24-19(16)27)26-10-12-28-13-11-26/h3,7,14H,2,4-6,8-13H2,1H3,(H,23,24,27). The monoisotopic (exact) mass is 381 g/mol. The summed E-state index contributed by atoms with van der Waals surface area (Å²) in [5.41, 5.74) is 4.55. The Labute approximate surface area is 164 Å². The molecule has 0 bridgehead atoms. The molecule has 0 radical (unpaired) electrons. The van der Waals surface area contributed by atoms with Gasteiger partial charge in [0.1, 0.15) is 0 Å². The van der Waals surface area contributed by atoms with E-state index in [9.17, 15) is 4.79 Å². The van der Waals surface area contributed by atoms with Crippen LogP contribution in [0.15, 0.2) is 23.3 Å².